The van der Waals surface area contributed by atoms with E-state index in [-0.39, 0.29) is 12.1 Å². The maximum atomic E-state index is 12.3. The summed E-state index contributed by atoms with van der Waals surface area (Å²) in [5, 5.41) is 0. The molecule has 0 aliphatic carbocycles. The third-order valence-corrected chi connectivity index (χ3v) is 4.10. The van der Waals surface area contributed by atoms with Gasteiger partial charge in [-0.1, -0.05) is 55.5 Å². The van der Waals surface area contributed by atoms with E-state index in [1.165, 1.54) is 5.56 Å². The summed E-state index contributed by atoms with van der Waals surface area (Å²) in [6.45, 7) is 4.04. The second kappa shape index (κ2) is 9.14. The van der Waals surface area contributed by atoms with E-state index in [2.05, 4.69) is 31.2 Å². The number of carbonyl (C=O) groups is 1. The van der Waals surface area contributed by atoms with E-state index >= 15 is 0 Å². The standard InChI is InChI=1S/C21H26O2/c1-3-19-15-9-10-16-20(19)21(22)23-17(2)11-7-8-14-18-12-5-4-6-13-18/h4-6,9-10,12-13,15-17H,3,7-8,11,14H2,1-2H3. The Bertz CT molecular complexity index is 604. The first-order chi connectivity index (χ1) is 11.2. The molecule has 2 aromatic carbocycles. The Morgan fingerprint density at radius 1 is 1.00 bits per heavy atom. The van der Waals surface area contributed by atoms with Gasteiger partial charge in [-0.05, 0) is 56.2 Å². The van der Waals surface area contributed by atoms with Crippen molar-refractivity contribution < 1.29 is 9.53 Å². The minimum absolute atomic E-state index is 0.0387. The lowest BCUT2D eigenvalue weighted by atomic mass is 10.0. The van der Waals surface area contributed by atoms with Gasteiger partial charge in [0.15, 0.2) is 0 Å². The Kier molecular flexibility index (Phi) is 6.86. The molecule has 0 saturated carbocycles. The molecule has 0 saturated heterocycles. The van der Waals surface area contributed by atoms with Crippen LogP contribution in [0.25, 0.3) is 0 Å². The first-order valence-electron chi connectivity index (χ1n) is 8.53. The molecule has 2 heteroatoms. The van der Waals surface area contributed by atoms with E-state index in [9.17, 15) is 4.79 Å². The molecule has 23 heavy (non-hydrogen) atoms. The molecule has 0 radical (unpaired) electrons. The van der Waals surface area contributed by atoms with Gasteiger partial charge in [-0.25, -0.2) is 4.79 Å². The molecular formula is C21H26O2. The lowest BCUT2D eigenvalue weighted by molar-refractivity contribution is 0.0318. The smallest absolute Gasteiger partial charge is 0.338 e. The van der Waals surface area contributed by atoms with E-state index in [0.29, 0.717) is 5.56 Å². The Hall–Kier alpha value is -2.09. The highest BCUT2D eigenvalue weighted by molar-refractivity contribution is 5.91. The topological polar surface area (TPSA) is 26.3 Å². The number of rotatable bonds is 8. The summed E-state index contributed by atoms with van der Waals surface area (Å²) in [4.78, 5) is 12.3. The van der Waals surface area contributed by atoms with E-state index < -0.39 is 0 Å². The highest BCUT2D eigenvalue weighted by Gasteiger charge is 2.14. The van der Waals surface area contributed by atoms with E-state index in [1.54, 1.807) is 0 Å². The number of hydrogen-bond acceptors (Lipinski definition) is 2. The van der Waals surface area contributed by atoms with Crippen molar-refractivity contribution in [2.45, 2.75) is 52.1 Å². The van der Waals surface area contributed by atoms with Crippen molar-refractivity contribution >= 4 is 5.97 Å². The maximum absolute atomic E-state index is 12.3. The molecule has 2 rings (SSSR count). The molecule has 0 bridgehead atoms. The number of ether oxygens (including phenoxy) is 1. The fourth-order valence-corrected chi connectivity index (χ4v) is 2.74. The summed E-state index contributed by atoms with van der Waals surface area (Å²) < 4.78 is 5.59. The van der Waals surface area contributed by atoms with Crippen LogP contribution in [0.5, 0.6) is 0 Å². The number of carbonyl (C=O) groups excluding carboxylic acids is 1. The van der Waals surface area contributed by atoms with Crippen LogP contribution in [0, 0.1) is 0 Å². The van der Waals surface area contributed by atoms with Crippen LogP contribution in [0.3, 0.4) is 0 Å². The monoisotopic (exact) mass is 310 g/mol. The lowest BCUT2D eigenvalue weighted by Gasteiger charge is -2.14. The van der Waals surface area contributed by atoms with Crippen LogP contribution in [-0.4, -0.2) is 12.1 Å². The fraction of sp³-hybridized carbons (Fsp3) is 0.381. The lowest BCUT2D eigenvalue weighted by Crippen LogP contribution is -2.16. The summed E-state index contributed by atoms with van der Waals surface area (Å²) in [7, 11) is 0. The van der Waals surface area contributed by atoms with Gasteiger partial charge < -0.3 is 4.74 Å². The number of benzene rings is 2. The van der Waals surface area contributed by atoms with Crippen LogP contribution in [0.2, 0.25) is 0 Å². The van der Waals surface area contributed by atoms with Crippen molar-refractivity contribution in [2.75, 3.05) is 0 Å². The third kappa shape index (κ3) is 5.55. The van der Waals surface area contributed by atoms with Crippen molar-refractivity contribution in [3.63, 3.8) is 0 Å². The van der Waals surface area contributed by atoms with Crippen LogP contribution < -0.4 is 0 Å². The fourth-order valence-electron chi connectivity index (χ4n) is 2.74. The van der Waals surface area contributed by atoms with Crippen LogP contribution in [0.4, 0.5) is 0 Å². The van der Waals surface area contributed by atoms with Crippen molar-refractivity contribution in [3.05, 3.63) is 71.3 Å². The minimum Gasteiger partial charge on any atom is -0.459 e. The predicted octanol–water partition coefficient (Wildman–Crippen LogP) is 5.21. The Labute approximate surface area is 139 Å². The van der Waals surface area contributed by atoms with Crippen molar-refractivity contribution in [1.82, 2.24) is 0 Å². The number of aryl methyl sites for hydroxylation is 2. The molecule has 0 aromatic heterocycles. The second-order valence-electron chi connectivity index (χ2n) is 5.96. The Morgan fingerprint density at radius 3 is 2.43 bits per heavy atom. The molecule has 1 unspecified atom stereocenters. The van der Waals surface area contributed by atoms with Gasteiger partial charge in [-0.3, -0.25) is 0 Å². The molecule has 0 aliphatic heterocycles. The van der Waals surface area contributed by atoms with Gasteiger partial charge >= 0.3 is 5.97 Å². The minimum atomic E-state index is -0.196. The molecule has 0 aliphatic rings. The molecule has 0 N–H and O–H groups in total. The van der Waals surface area contributed by atoms with Crippen molar-refractivity contribution in [3.8, 4) is 0 Å². The molecule has 2 nitrogen and oxygen atoms in total. The summed E-state index contributed by atoms with van der Waals surface area (Å²) in [5.41, 5.74) is 3.12. The number of unbranched alkanes of at least 4 members (excludes halogenated alkanes) is 1. The number of hydrogen-bond donors (Lipinski definition) is 0. The molecule has 122 valence electrons. The van der Waals surface area contributed by atoms with Gasteiger partial charge in [0.25, 0.3) is 0 Å². The zero-order chi connectivity index (χ0) is 16.5. The Morgan fingerprint density at radius 2 is 1.70 bits per heavy atom. The normalized spacial score (nSPS) is 11.9. The third-order valence-electron chi connectivity index (χ3n) is 4.10. The van der Waals surface area contributed by atoms with Gasteiger partial charge in [0.1, 0.15) is 0 Å². The number of esters is 1. The van der Waals surface area contributed by atoms with E-state index in [4.69, 9.17) is 4.74 Å². The predicted molar refractivity (Wildman–Crippen MR) is 94.7 cm³/mol. The van der Waals surface area contributed by atoms with E-state index in [1.807, 2.05) is 37.3 Å². The van der Waals surface area contributed by atoms with Crippen LogP contribution >= 0.6 is 0 Å². The SMILES string of the molecule is CCc1ccccc1C(=O)OC(C)CCCCc1ccccc1. The van der Waals surface area contributed by atoms with Gasteiger partial charge in [0, 0.05) is 0 Å². The summed E-state index contributed by atoms with van der Waals surface area (Å²) in [6.07, 6.45) is 4.99. The average molecular weight is 310 g/mol. The Balaban J connectivity index is 1.74. The highest BCUT2D eigenvalue weighted by atomic mass is 16.5. The quantitative estimate of drug-likeness (QED) is 0.494. The largest absolute Gasteiger partial charge is 0.459 e. The summed E-state index contributed by atoms with van der Waals surface area (Å²) in [6, 6.07) is 18.2. The second-order valence-corrected chi connectivity index (χ2v) is 5.96. The molecule has 2 aromatic rings. The summed E-state index contributed by atoms with van der Waals surface area (Å²) >= 11 is 0. The molecule has 0 heterocycles. The molecule has 0 fully saturated rings. The zero-order valence-electron chi connectivity index (χ0n) is 14.1. The van der Waals surface area contributed by atoms with Gasteiger partial charge in [-0.15, -0.1) is 0 Å². The van der Waals surface area contributed by atoms with E-state index in [0.717, 1.165) is 37.7 Å². The first kappa shape index (κ1) is 17.3. The molecule has 0 amide bonds. The molecular weight excluding hydrogens is 284 g/mol. The van der Waals surface area contributed by atoms with Crippen molar-refractivity contribution in [2.24, 2.45) is 0 Å². The van der Waals surface area contributed by atoms with Gasteiger partial charge in [-0.2, -0.15) is 0 Å². The molecule has 0 spiro atoms. The van der Waals surface area contributed by atoms with Crippen molar-refractivity contribution in [1.29, 1.82) is 0 Å². The van der Waals surface area contributed by atoms with Gasteiger partial charge in [0.05, 0.1) is 11.7 Å². The summed E-state index contributed by atoms with van der Waals surface area (Å²) in [5.74, 6) is -0.196. The van der Waals surface area contributed by atoms with Crippen LogP contribution in [0.1, 0.15) is 54.6 Å². The first-order valence-corrected chi connectivity index (χ1v) is 8.53. The zero-order valence-corrected chi connectivity index (χ0v) is 14.1. The van der Waals surface area contributed by atoms with Crippen LogP contribution in [0.15, 0.2) is 54.6 Å². The molecule has 1 atom stereocenters. The highest BCUT2D eigenvalue weighted by Crippen LogP contribution is 2.14. The maximum Gasteiger partial charge on any atom is 0.338 e. The van der Waals surface area contributed by atoms with Gasteiger partial charge in [0.2, 0.25) is 0 Å². The van der Waals surface area contributed by atoms with Crippen LogP contribution in [-0.2, 0) is 17.6 Å². The average Bonchev–Trinajstić information content (AvgIpc) is 2.59.